The van der Waals surface area contributed by atoms with Crippen LogP contribution < -0.4 is 10.2 Å². The van der Waals surface area contributed by atoms with Gasteiger partial charge in [-0.25, -0.2) is 14.8 Å². The summed E-state index contributed by atoms with van der Waals surface area (Å²) >= 11 is 0. The first-order chi connectivity index (χ1) is 12.6. The molecule has 0 bridgehead atoms. The Morgan fingerprint density at radius 2 is 1.69 bits per heavy atom. The highest BCUT2D eigenvalue weighted by atomic mass is 16.5. The van der Waals surface area contributed by atoms with Gasteiger partial charge in [0.1, 0.15) is 11.5 Å². The fourth-order valence-electron chi connectivity index (χ4n) is 2.49. The summed E-state index contributed by atoms with van der Waals surface area (Å²) in [5.74, 6) is -0.00636. The van der Waals surface area contributed by atoms with E-state index in [4.69, 9.17) is 0 Å². The van der Waals surface area contributed by atoms with Crippen molar-refractivity contribution in [1.82, 2.24) is 9.97 Å². The number of carbonyl (C=O) groups is 2. The van der Waals surface area contributed by atoms with E-state index >= 15 is 0 Å². The summed E-state index contributed by atoms with van der Waals surface area (Å²) in [6.45, 7) is 6.04. The molecule has 26 heavy (non-hydrogen) atoms. The smallest absolute Gasteiger partial charge is 0.337 e. The molecule has 138 valence electrons. The maximum atomic E-state index is 12.3. The van der Waals surface area contributed by atoms with Crippen molar-refractivity contribution in [1.29, 1.82) is 0 Å². The molecular weight excluding hydrogens is 332 g/mol. The van der Waals surface area contributed by atoms with Crippen molar-refractivity contribution in [3.8, 4) is 0 Å². The molecule has 1 aromatic heterocycles. The average Bonchev–Trinajstić information content (AvgIpc) is 2.68. The van der Waals surface area contributed by atoms with E-state index in [-0.39, 0.29) is 11.6 Å². The first kappa shape index (κ1) is 19.4. The fourth-order valence-corrected chi connectivity index (χ4v) is 2.49. The summed E-state index contributed by atoms with van der Waals surface area (Å²) in [5.41, 5.74) is 1.22. The molecule has 1 heterocycles. The maximum Gasteiger partial charge on any atom is 0.337 e. The second-order valence-corrected chi connectivity index (χ2v) is 5.77. The van der Waals surface area contributed by atoms with Gasteiger partial charge in [0.25, 0.3) is 5.91 Å². The van der Waals surface area contributed by atoms with Crippen LogP contribution in [0.15, 0.2) is 36.7 Å². The molecule has 0 saturated heterocycles. The highest BCUT2D eigenvalue weighted by Gasteiger charge is 2.12. The van der Waals surface area contributed by atoms with Gasteiger partial charge in [-0.05, 0) is 37.1 Å². The number of aromatic nitrogens is 2. The van der Waals surface area contributed by atoms with E-state index in [1.54, 1.807) is 30.5 Å². The molecule has 0 radical (unpaired) electrons. The van der Waals surface area contributed by atoms with Gasteiger partial charge in [0.05, 0.1) is 25.1 Å². The van der Waals surface area contributed by atoms with Crippen molar-refractivity contribution in [2.24, 2.45) is 0 Å². The average molecular weight is 356 g/mol. The van der Waals surface area contributed by atoms with E-state index in [1.165, 1.54) is 13.3 Å². The van der Waals surface area contributed by atoms with Crippen molar-refractivity contribution >= 4 is 23.4 Å². The molecule has 0 spiro atoms. The van der Waals surface area contributed by atoms with Crippen LogP contribution in [0, 0.1) is 0 Å². The molecule has 1 amide bonds. The second kappa shape index (κ2) is 9.50. The summed E-state index contributed by atoms with van der Waals surface area (Å²) < 4.78 is 4.64. The molecule has 0 saturated carbocycles. The molecule has 1 aromatic carbocycles. The van der Waals surface area contributed by atoms with Crippen LogP contribution in [-0.2, 0) is 4.74 Å². The number of ether oxygens (including phenoxy) is 1. The van der Waals surface area contributed by atoms with Crippen LogP contribution in [0.4, 0.5) is 11.5 Å². The van der Waals surface area contributed by atoms with Gasteiger partial charge >= 0.3 is 5.97 Å². The standard InChI is InChI=1S/C19H24N4O3/c1-4-10-23(11-5-2)17-13-20-16(12-21-17)18(24)22-15-8-6-14(7-9-15)19(25)26-3/h6-9,12-13H,4-5,10-11H2,1-3H3,(H,22,24). The van der Waals surface area contributed by atoms with Crippen LogP contribution in [0.3, 0.4) is 0 Å². The molecule has 2 aromatic rings. The minimum atomic E-state index is -0.423. The predicted octanol–water partition coefficient (Wildman–Crippen LogP) is 3.14. The van der Waals surface area contributed by atoms with E-state index in [2.05, 4.69) is 38.8 Å². The number of hydrogen-bond donors (Lipinski definition) is 1. The van der Waals surface area contributed by atoms with Crippen LogP contribution in [0.2, 0.25) is 0 Å². The molecular formula is C19H24N4O3. The fraction of sp³-hybridized carbons (Fsp3) is 0.368. The lowest BCUT2D eigenvalue weighted by molar-refractivity contribution is 0.0600. The number of anilines is 2. The maximum absolute atomic E-state index is 12.3. The van der Waals surface area contributed by atoms with E-state index in [0.29, 0.717) is 11.3 Å². The van der Waals surface area contributed by atoms with Crippen LogP contribution in [0.1, 0.15) is 47.5 Å². The summed E-state index contributed by atoms with van der Waals surface area (Å²) in [5, 5.41) is 2.73. The van der Waals surface area contributed by atoms with Gasteiger partial charge in [-0.1, -0.05) is 13.8 Å². The Morgan fingerprint density at radius 1 is 1.04 bits per heavy atom. The van der Waals surface area contributed by atoms with Gasteiger partial charge in [0, 0.05) is 18.8 Å². The van der Waals surface area contributed by atoms with Crippen molar-refractivity contribution < 1.29 is 14.3 Å². The van der Waals surface area contributed by atoms with E-state index in [1.807, 2.05) is 0 Å². The number of methoxy groups -OCH3 is 1. The predicted molar refractivity (Wildman–Crippen MR) is 101 cm³/mol. The number of nitrogens with one attached hydrogen (secondary N) is 1. The summed E-state index contributed by atoms with van der Waals surface area (Å²) in [4.78, 5) is 34.5. The normalized spacial score (nSPS) is 10.3. The van der Waals surface area contributed by atoms with Crippen molar-refractivity contribution in [3.63, 3.8) is 0 Å². The number of carbonyl (C=O) groups excluding carboxylic acids is 2. The number of amides is 1. The zero-order valence-corrected chi connectivity index (χ0v) is 15.4. The topological polar surface area (TPSA) is 84.4 Å². The Bertz CT molecular complexity index is 723. The highest BCUT2D eigenvalue weighted by molar-refractivity contribution is 6.03. The SMILES string of the molecule is CCCN(CCC)c1cnc(C(=O)Nc2ccc(C(=O)OC)cc2)cn1. The second-order valence-electron chi connectivity index (χ2n) is 5.77. The van der Waals surface area contributed by atoms with Gasteiger partial charge in [0.15, 0.2) is 0 Å². The molecule has 7 heteroatoms. The minimum absolute atomic E-state index is 0.235. The number of esters is 1. The number of nitrogens with zero attached hydrogens (tertiary/aromatic N) is 3. The van der Waals surface area contributed by atoms with Crippen molar-refractivity contribution in [2.75, 3.05) is 30.4 Å². The molecule has 0 aliphatic rings. The Balaban J connectivity index is 2.04. The molecule has 0 atom stereocenters. The third kappa shape index (κ3) is 5.02. The zero-order chi connectivity index (χ0) is 18.9. The molecule has 0 aliphatic carbocycles. The van der Waals surface area contributed by atoms with Crippen LogP contribution in [0.25, 0.3) is 0 Å². The lowest BCUT2D eigenvalue weighted by Gasteiger charge is -2.22. The molecule has 1 N–H and O–H groups in total. The monoisotopic (exact) mass is 356 g/mol. The Hall–Kier alpha value is -2.96. The van der Waals surface area contributed by atoms with Crippen molar-refractivity contribution in [3.05, 3.63) is 47.9 Å². The number of rotatable bonds is 8. The van der Waals surface area contributed by atoms with Crippen LogP contribution in [0.5, 0.6) is 0 Å². The minimum Gasteiger partial charge on any atom is -0.465 e. The quantitative estimate of drug-likeness (QED) is 0.732. The van der Waals surface area contributed by atoms with Gasteiger partial charge in [-0.2, -0.15) is 0 Å². The lowest BCUT2D eigenvalue weighted by atomic mass is 10.2. The van der Waals surface area contributed by atoms with Gasteiger partial charge in [0.2, 0.25) is 0 Å². The van der Waals surface area contributed by atoms with E-state index in [9.17, 15) is 9.59 Å². The lowest BCUT2D eigenvalue weighted by Crippen LogP contribution is -2.26. The molecule has 2 rings (SSSR count). The van der Waals surface area contributed by atoms with Crippen LogP contribution >= 0.6 is 0 Å². The van der Waals surface area contributed by atoms with Gasteiger partial charge in [-0.15, -0.1) is 0 Å². The highest BCUT2D eigenvalue weighted by Crippen LogP contribution is 2.13. The number of benzene rings is 1. The first-order valence-corrected chi connectivity index (χ1v) is 8.65. The molecule has 0 aliphatic heterocycles. The Labute approximate surface area is 153 Å². The third-order valence-electron chi connectivity index (χ3n) is 3.75. The molecule has 0 unspecified atom stereocenters. The summed E-state index contributed by atoms with van der Waals surface area (Å²) in [6.07, 6.45) is 5.14. The molecule has 0 fully saturated rings. The summed E-state index contributed by atoms with van der Waals surface area (Å²) in [6, 6.07) is 6.44. The largest absolute Gasteiger partial charge is 0.465 e. The van der Waals surface area contributed by atoms with E-state index < -0.39 is 5.97 Å². The number of hydrogen-bond acceptors (Lipinski definition) is 6. The van der Waals surface area contributed by atoms with Crippen LogP contribution in [-0.4, -0.2) is 42.0 Å². The first-order valence-electron chi connectivity index (χ1n) is 8.65. The molecule has 7 nitrogen and oxygen atoms in total. The Kier molecular flexibility index (Phi) is 7.08. The van der Waals surface area contributed by atoms with Gasteiger partial charge in [-0.3, -0.25) is 4.79 Å². The summed E-state index contributed by atoms with van der Waals surface area (Å²) in [7, 11) is 1.32. The Morgan fingerprint density at radius 3 is 2.19 bits per heavy atom. The third-order valence-corrected chi connectivity index (χ3v) is 3.75. The zero-order valence-electron chi connectivity index (χ0n) is 15.4. The van der Waals surface area contributed by atoms with Crippen molar-refractivity contribution in [2.45, 2.75) is 26.7 Å². The van der Waals surface area contributed by atoms with Gasteiger partial charge < -0.3 is 15.0 Å². The van der Waals surface area contributed by atoms with E-state index in [0.717, 1.165) is 31.7 Å².